The first-order valence-corrected chi connectivity index (χ1v) is 9.70. The summed E-state index contributed by atoms with van der Waals surface area (Å²) in [6.07, 6.45) is 3.81. The van der Waals surface area contributed by atoms with E-state index in [4.69, 9.17) is 4.84 Å². The third-order valence-electron chi connectivity index (χ3n) is 4.88. The summed E-state index contributed by atoms with van der Waals surface area (Å²) in [6, 6.07) is 20.8. The Morgan fingerprint density at radius 2 is 1.79 bits per heavy atom. The Hall–Kier alpha value is -2.53. The fourth-order valence-electron chi connectivity index (χ4n) is 3.17. The molecule has 0 atom stereocenters. The Labute approximate surface area is 167 Å². The van der Waals surface area contributed by atoms with Crippen LogP contribution in [0.5, 0.6) is 0 Å². The normalized spacial score (nSPS) is 11.8. The molecule has 3 aromatic rings. The Kier molecular flexibility index (Phi) is 6.57. The topological polar surface area (TPSA) is 46.2 Å². The van der Waals surface area contributed by atoms with Crippen LogP contribution in [0.1, 0.15) is 50.3 Å². The van der Waals surface area contributed by atoms with Gasteiger partial charge in [-0.2, -0.15) is 0 Å². The fraction of sp³-hybridized carbons (Fsp3) is 0.292. The molecular weight excluding hydrogens is 346 g/mol. The van der Waals surface area contributed by atoms with Gasteiger partial charge in [-0.15, -0.1) is 5.59 Å². The van der Waals surface area contributed by atoms with Crippen LogP contribution in [0.25, 0.3) is 11.1 Å². The van der Waals surface area contributed by atoms with Crippen molar-refractivity contribution in [2.45, 2.75) is 45.8 Å². The number of rotatable bonds is 8. The smallest absolute Gasteiger partial charge is 0.0949 e. The predicted molar refractivity (Wildman–Crippen MR) is 114 cm³/mol. The van der Waals surface area contributed by atoms with Gasteiger partial charge < -0.3 is 0 Å². The zero-order chi connectivity index (χ0) is 20.0. The molecule has 146 valence electrons. The highest BCUT2D eigenvalue weighted by Gasteiger charge is 2.19. The Bertz CT molecular complexity index is 891. The average molecular weight is 376 g/mol. The standard InChI is InChI=1S/C24H29N3O/c1-18(2)23-16-25-14-13-22(23)20-10-8-9-19(15-20)17-28-27-26-24(3,4)21-11-6-5-7-12-21/h5-16,18,26-27H,17H2,1-4H3. The molecule has 1 heterocycles. The van der Waals surface area contributed by atoms with E-state index in [2.05, 4.69) is 86.2 Å². The molecule has 0 radical (unpaired) electrons. The monoisotopic (exact) mass is 375 g/mol. The lowest BCUT2D eigenvalue weighted by atomic mass is 9.94. The maximum Gasteiger partial charge on any atom is 0.0949 e. The Balaban J connectivity index is 1.62. The highest BCUT2D eigenvalue weighted by atomic mass is 16.7. The summed E-state index contributed by atoms with van der Waals surface area (Å²) in [5.41, 5.74) is 11.9. The van der Waals surface area contributed by atoms with E-state index in [-0.39, 0.29) is 5.54 Å². The Morgan fingerprint density at radius 3 is 2.54 bits per heavy atom. The van der Waals surface area contributed by atoms with E-state index in [1.165, 1.54) is 22.3 Å². The molecule has 0 unspecified atom stereocenters. The second-order valence-electron chi connectivity index (χ2n) is 7.82. The zero-order valence-electron chi connectivity index (χ0n) is 17.1. The maximum absolute atomic E-state index is 5.67. The summed E-state index contributed by atoms with van der Waals surface area (Å²) in [6.45, 7) is 9.06. The van der Waals surface area contributed by atoms with Crippen molar-refractivity contribution in [3.63, 3.8) is 0 Å². The molecule has 1 aromatic heterocycles. The molecular formula is C24H29N3O. The summed E-state index contributed by atoms with van der Waals surface area (Å²) >= 11 is 0. The van der Waals surface area contributed by atoms with Crippen molar-refractivity contribution in [2.75, 3.05) is 0 Å². The van der Waals surface area contributed by atoms with E-state index >= 15 is 0 Å². The van der Waals surface area contributed by atoms with Crippen LogP contribution in [0.15, 0.2) is 73.1 Å². The zero-order valence-corrected chi connectivity index (χ0v) is 17.1. The van der Waals surface area contributed by atoms with E-state index in [0.29, 0.717) is 12.5 Å². The summed E-state index contributed by atoms with van der Waals surface area (Å²) in [4.78, 5) is 9.95. The summed E-state index contributed by atoms with van der Waals surface area (Å²) < 4.78 is 0. The van der Waals surface area contributed by atoms with Crippen LogP contribution in [0.3, 0.4) is 0 Å². The molecule has 0 aliphatic carbocycles. The molecule has 0 saturated heterocycles. The molecule has 0 fully saturated rings. The molecule has 0 aliphatic rings. The summed E-state index contributed by atoms with van der Waals surface area (Å²) in [5, 5.41) is 0. The third-order valence-corrected chi connectivity index (χ3v) is 4.88. The van der Waals surface area contributed by atoms with Gasteiger partial charge >= 0.3 is 0 Å². The molecule has 4 nitrogen and oxygen atoms in total. The van der Waals surface area contributed by atoms with Gasteiger partial charge in [0, 0.05) is 12.4 Å². The minimum atomic E-state index is -0.244. The molecule has 2 N–H and O–H groups in total. The molecule has 3 rings (SSSR count). The third kappa shape index (κ3) is 5.04. The van der Waals surface area contributed by atoms with Gasteiger partial charge in [0.1, 0.15) is 0 Å². The number of nitrogens with zero attached hydrogens (tertiary/aromatic N) is 1. The fourth-order valence-corrected chi connectivity index (χ4v) is 3.17. The molecule has 0 amide bonds. The van der Waals surface area contributed by atoms with Crippen molar-refractivity contribution in [1.82, 2.24) is 16.0 Å². The summed E-state index contributed by atoms with van der Waals surface area (Å²) in [7, 11) is 0. The molecule has 2 aromatic carbocycles. The number of hydrazine groups is 1. The van der Waals surface area contributed by atoms with Gasteiger partial charge in [-0.05, 0) is 59.7 Å². The van der Waals surface area contributed by atoms with Gasteiger partial charge in [0.15, 0.2) is 0 Å². The quantitative estimate of drug-likeness (QED) is 0.412. The second kappa shape index (κ2) is 9.11. The first-order valence-electron chi connectivity index (χ1n) is 9.70. The highest BCUT2D eigenvalue weighted by Crippen LogP contribution is 2.29. The van der Waals surface area contributed by atoms with E-state index in [1.807, 2.05) is 30.6 Å². The Morgan fingerprint density at radius 1 is 1.00 bits per heavy atom. The van der Waals surface area contributed by atoms with E-state index in [9.17, 15) is 0 Å². The van der Waals surface area contributed by atoms with Crippen molar-refractivity contribution in [3.05, 3.63) is 89.7 Å². The van der Waals surface area contributed by atoms with E-state index in [0.717, 1.165) is 5.56 Å². The highest BCUT2D eigenvalue weighted by molar-refractivity contribution is 5.68. The molecule has 4 heteroatoms. The van der Waals surface area contributed by atoms with Crippen molar-refractivity contribution < 1.29 is 4.84 Å². The SMILES string of the molecule is CC(C)c1cnccc1-c1cccc(CONNC(C)(C)c2ccccc2)c1. The van der Waals surface area contributed by atoms with Gasteiger partial charge in [-0.25, -0.2) is 5.43 Å². The number of benzene rings is 2. The molecule has 0 aliphatic heterocycles. The van der Waals surface area contributed by atoms with Crippen molar-refractivity contribution in [3.8, 4) is 11.1 Å². The van der Waals surface area contributed by atoms with Crippen LogP contribution >= 0.6 is 0 Å². The van der Waals surface area contributed by atoms with Crippen molar-refractivity contribution in [2.24, 2.45) is 0 Å². The van der Waals surface area contributed by atoms with Crippen LogP contribution in [0, 0.1) is 0 Å². The van der Waals surface area contributed by atoms with E-state index < -0.39 is 0 Å². The molecule has 28 heavy (non-hydrogen) atoms. The number of hydrogen-bond acceptors (Lipinski definition) is 4. The van der Waals surface area contributed by atoms with Crippen LogP contribution in [0.4, 0.5) is 0 Å². The van der Waals surface area contributed by atoms with Crippen LogP contribution in [0.2, 0.25) is 0 Å². The second-order valence-corrected chi connectivity index (χ2v) is 7.82. The van der Waals surface area contributed by atoms with Crippen LogP contribution in [-0.4, -0.2) is 4.98 Å². The van der Waals surface area contributed by atoms with Crippen LogP contribution < -0.4 is 11.0 Å². The minimum absolute atomic E-state index is 0.244. The van der Waals surface area contributed by atoms with Crippen LogP contribution in [-0.2, 0) is 17.0 Å². The summed E-state index contributed by atoms with van der Waals surface area (Å²) in [5.74, 6) is 0.426. The van der Waals surface area contributed by atoms with Gasteiger partial charge in [0.05, 0.1) is 12.1 Å². The number of nitrogens with one attached hydrogen (secondary N) is 2. The number of hydrogen-bond donors (Lipinski definition) is 2. The first kappa shape index (κ1) is 20.2. The minimum Gasteiger partial charge on any atom is -0.282 e. The predicted octanol–water partition coefficient (Wildman–Crippen LogP) is 5.33. The van der Waals surface area contributed by atoms with Gasteiger partial charge in [0.25, 0.3) is 0 Å². The lowest BCUT2D eigenvalue weighted by Crippen LogP contribution is -2.45. The average Bonchev–Trinajstić information content (AvgIpc) is 2.72. The maximum atomic E-state index is 5.67. The number of aromatic nitrogens is 1. The number of pyridine rings is 1. The van der Waals surface area contributed by atoms with Gasteiger partial charge in [-0.3, -0.25) is 9.82 Å². The van der Waals surface area contributed by atoms with E-state index in [1.54, 1.807) is 0 Å². The largest absolute Gasteiger partial charge is 0.282 e. The molecule has 0 bridgehead atoms. The lowest BCUT2D eigenvalue weighted by Gasteiger charge is -2.26. The lowest BCUT2D eigenvalue weighted by molar-refractivity contribution is -0.0214. The molecule has 0 spiro atoms. The van der Waals surface area contributed by atoms with Crippen molar-refractivity contribution in [1.29, 1.82) is 0 Å². The molecule has 0 saturated carbocycles. The van der Waals surface area contributed by atoms with Gasteiger partial charge in [-0.1, -0.05) is 62.4 Å². The van der Waals surface area contributed by atoms with Crippen molar-refractivity contribution >= 4 is 0 Å². The first-order chi connectivity index (χ1) is 13.5. The van der Waals surface area contributed by atoms with Gasteiger partial charge in [0.2, 0.25) is 0 Å².